The summed E-state index contributed by atoms with van der Waals surface area (Å²) < 4.78 is 17.0. The highest BCUT2D eigenvalue weighted by atomic mass is 16.5. The predicted octanol–water partition coefficient (Wildman–Crippen LogP) is 2.93. The predicted molar refractivity (Wildman–Crippen MR) is 109 cm³/mol. The Morgan fingerprint density at radius 2 is 1.80 bits per heavy atom. The number of carbonyl (C=O) groups is 1. The zero-order chi connectivity index (χ0) is 21.3. The van der Waals surface area contributed by atoms with E-state index >= 15 is 0 Å². The Morgan fingerprint density at radius 3 is 2.50 bits per heavy atom. The van der Waals surface area contributed by atoms with Crippen molar-refractivity contribution in [2.75, 3.05) is 19.5 Å². The molecule has 0 bridgehead atoms. The van der Waals surface area contributed by atoms with E-state index in [1.165, 1.54) is 26.5 Å². The number of ether oxygens (including phenoxy) is 2. The van der Waals surface area contributed by atoms with E-state index in [0.717, 1.165) is 10.1 Å². The van der Waals surface area contributed by atoms with Gasteiger partial charge in [-0.05, 0) is 37.3 Å². The summed E-state index contributed by atoms with van der Waals surface area (Å²) in [4.78, 5) is 29.4. The van der Waals surface area contributed by atoms with E-state index in [-0.39, 0.29) is 23.0 Å². The van der Waals surface area contributed by atoms with Crippen molar-refractivity contribution < 1.29 is 18.7 Å². The molecule has 152 valence electrons. The molecule has 9 heteroatoms. The number of anilines is 1. The van der Waals surface area contributed by atoms with Gasteiger partial charge >= 0.3 is 11.4 Å². The maximum atomic E-state index is 12.8. The van der Waals surface area contributed by atoms with Gasteiger partial charge in [-0.3, -0.25) is 9.59 Å². The van der Waals surface area contributed by atoms with E-state index in [2.05, 4.69) is 15.4 Å². The van der Waals surface area contributed by atoms with Crippen LogP contribution in [-0.4, -0.2) is 34.7 Å². The number of fused-ring (bicyclic) bond motifs is 1. The molecule has 2 aromatic heterocycles. The molecule has 1 N–H and O–H groups in total. The molecule has 4 rings (SSSR count). The molecular weight excluding hydrogens is 388 g/mol. The molecule has 30 heavy (non-hydrogen) atoms. The Kier molecular flexibility index (Phi) is 4.93. The van der Waals surface area contributed by atoms with E-state index < -0.39 is 11.5 Å². The summed E-state index contributed by atoms with van der Waals surface area (Å²) in [5.41, 5.74) is 1.50. The highest BCUT2D eigenvalue weighted by molar-refractivity contribution is 6.04. The summed E-state index contributed by atoms with van der Waals surface area (Å²) in [7, 11) is 2.97. The lowest BCUT2D eigenvalue weighted by Crippen LogP contribution is -2.23. The van der Waals surface area contributed by atoms with Gasteiger partial charge in [0, 0.05) is 11.1 Å². The topological polar surface area (TPSA) is 108 Å². The molecule has 0 fully saturated rings. The largest absolute Gasteiger partial charge is 0.493 e. The maximum absolute atomic E-state index is 12.8. The third-order valence-corrected chi connectivity index (χ3v) is 4.48. The summed E-state index contributed by atoms with van der Waals surface area (Å²) in [6.07, 6.45) is 1.24. The normalized spacial score (nSPS) is 10.8. The van der Waals surface area contributed by atoms with E-state index in [4.69, 9.17) is 13.9 Å². The standard InChI is InChI=1S/C21H18N4O5/c1-12-4-6-13(7-5-12)19-24-25-20(27)15(11-22-21(25)30-19)23-18(26)14-8-9-16(28-2)17(10-14)29-3/h4-11H,1-3H3,(H,23,26). The second-order valence-electron chi connectivity index (χ2n) is 6.47. The van der Waals surface area contributed by atoms with E-state index in [9.17, 15) is 9.59 Å². The molecule has 0 saturated carbocycles. The molecule has 1 amide bonds. The average molecular weight is 406 g/mol. The maximum Gasteiger partial charge on any atom is 0.328 e. The Labute approximate surface area is 170 Å². The summed E-state index contributed by atoms with van der Waals surface area (Å²) in [6, 6.07) is 12.2. The van der Waals surface area contributed by atoms with Crippen molar-refractivity contribution in [3.05, 3.63) is 70.1 Å². The first-order valence-corrected chi connectivity index (χ1v) is 8.99. The third-order valence-electron chi connectivity index (χ3n) is 4.48. The van der Waals surface area contributed by atoms with Crippen molar-refractivity contribution in [2.45, 2.75) is 6.92 Å². The number of aryl methyl sites for hydroxylation is 1. The molecule has 9 nitrogen and oxygen atoms in total. The average Bonchev–Trinajstić information content (AvgIpc) is 3.20. The van der Waals surface area contributed by atoms with E-state index in [0.29, 0.717) is 17.1 Å². The van der Waals surface area contributed by atoms with Gasteiger partial charge in [0.2, 0.25) is 5.89 Å². The first kappa shape index (κ1) is 19.2. The van der Waals surface area contributed by atoms with Gasteiger partial charge in [0.1, 0.15) is 5.69 Å². The minimum absolute atomic E-state index is 0.0275. The zero-order valence-electron chi connectivity index (χ0n) is 16.5. The first-order valence-electron chi connectivity index (χ1n) is 8.99. The van der Waals surface area contributed by atoms with Gasteiger partial charge in [-0.2, -0.15) is 0 Å². The van der Waals surface area contributed by atoms with Crippen molar-refractivity contribution in [1.82, 2.24) is 14.6 Å². The van der Waals surface area contributed by atoms with Crippen molar-refractivity contribution in [1.29, 1.82) is 0 Å². The minimum Gasteiger partial charge on any atom is -0.493 e. The van der Waals surface area contributed by atoms with Crippen LogP contribution in [0.3, 0.4) is 0 Å². The molecule has 0 aliphatic rings. The van der Waals surface area contributed by atoms with Crippen LogP contribution in [0, 0.1) is 6.92 Å². The van der Waals surface area contributed by atoms with Crippen LogP contribution in [0.25, 0.3) is 17.3 Å². The Balaban J connectivity index is 1.65. The number of amides is 1. The lowest BCUT2D eigenvalue weighted by molar-refractivity contribution is 0.102. The number of hydrogen-bond donors (Lipinski definition) is 1. The Bertz CT molecular complexity index is 1290. The first-order chi connectivity index (χ1) is 14.5. The fourth-order valence-corrected chi connectivity index (χ4v) is 2.86. The fourth-order valence-electron chi connectivity index (χ4n) is 2.86. The number of nitrogens with one attached hydrogen (secondary N) is 1. The molecule has 0 radical (unpaired) electrons. The summed E-state index contributed by atoms with van der Waals surface area (Å²) >= 11 is 0. The number of methoxy groups -OCH3 is 2. The van der Waals surface area contributed by atoms with Crippen molar-refractivity contribution in [3.63, 3.8) is 0 Å². The van der Waals surface area contributed by atoms with Crippen LogP contribution in [0.4, 0.5) is 5.69 Å². The Morgan fingerprint density at radius 1 is 1.07 bits per heavy atom. The highest BCUT2D eigenvalue weighted by Crippen LogP contribution is 2.27. The van der Waals surface area contributed by atoms with Crippen LogP contribution < -0.4 is 20.3 Å². The second-order valence-corrected chi connectivity index (χ2v) is 6.47. The lowest BCUT2D eigenvalue weighted by atomic mass is 10.1. The number of carbonyl (C=O) groups excluding carboxylic acids is 1. The third kappa shape index (κ3) is 3.48. The lowest BCUT2D eigenvalue weighted by Gasteiger charge is -2.09. The van der Waals surface area contributed by atoms with Gasteiger partial charge in [0.25, 0.3) is 5.91 Å². The summed E-state index contributed by atoms with van der Waals surface area (Å²) in [5.74, 6) is 0.665. The van der Waals surface area contributed by atoms with Crippen LogP contribution in [0.2, 0.25) is 0 Å². The van der Waals surface area contributed by atoms with Gasteiger partial charge < -0.3 is 19.2 Å². The molecule has 2 aromatic carbocycles. The number of rotatable bonds is 5. The van der Waals surface area contributed by atoms with E-state index in [1.807, 2.05) is 31.2 Å². The van der Waals surface area contributed by atoms with Crippen molar-refractivity contribution in [3.8, 4) is 23.0 Å². The molecule has 0 saturated heterocycles. The van der Waals surface area contributed by atoms with Gasteiger partial charge in [-0.1, -0.05) is 17.7 Å². The van der Waals surface area contributed by atoms with Crippen LogP contribution in [-0.2, 0) is 0 Å². The fraction of sp³-hybridized carbons (Fsp3) is 0.143. The number of nitrogens with zero attached hydrogens (tertiary/aromatic N) is 3. The smallest absolute Gasteiger partial charge is 0.328 e. The molecule has 0 spiro atoms. The highest BCUT2D eigenvalue weighted by Gasteiger charge is 2.16. The summed E-state index contributed by atoms with van der Waals surface area (Å²) in [5, 5.41) is 6.74. The quantitative estimate of drug-likeness (QED) is 0.543. The monoisotopic (exact) mass is 406 g/mol. The molecule has 4 aromatic rings. The minimum atomic E-state index is -0.559. The summed E-state index contributed by atoms with van der Waals surface area (Å²) in [6.45, 7) is 1.97. The van der Waals surface area contributed by atoms with Gasteiger partial charge in [-0.15, -0.1) is 9.61 Å². The molecule has 0 atom stereocenters. The van der Waals surface area contributed by atoms with Crippen LogP contribution >= 0.6 is 0 Å². The zero-order valence-corrected chi connectivity index (χ0v) is 16.5. The van der Waals surface area contributed by atoms with Gasteiger partial charge in [0.05, 0.1) is 20.4 Å². The van der Waals surface area contributed by atoms with Crippen molar-refractivity contribution >= 4 is 17.4 Å². The van der Waals surface area contributed by atoms with Crippen molar-refractivity contribution in [2.24, 2.45) is 0 Å². The molecule has 0 unspecified atom stereocenters. The molecular formula is C21H18N4O5. The van der Waals surface area contributed by atoms with Crippen LogP contribution in [0.5, 0.6) is 11.5 Å². The molecule has 2 heterocycles. The van der Waals surface area contributed by atoms with Gasteiger partial charge in [-0.25, -0.2) is 4.98 Å². The molecule has 0 aliphatic carbocycles. The number of hydrogen-bond acceptors (Lipinski definition) is 7. The number of benzene rings is 2. The molecule has 0 aliphatic heterocycles. The van der Waals surface area contributed by atoms with Crippen LogP contribution in [0.15, 0.2) is 57.9 Å². The van der Waals surface area contributed by atoms with Crippen LogP contribution in [0.1, 0.15) is 15.9 Å². The SMILES string of the molecule is COc1ccc(C(=O)Nc2cnc3oc(-c4ccc(C)cc4)nn3c2=O)cc1OC. The van der Waals surface area contributed by atoms with Gasteiger partial charge in [0.15, 0.2) is 11.5 Å². The number of aromatic nitrogens is 3. The second kappa shape index (κ2) is 7.70. The van der Waals surface area contributed by atoms with E-state index in [1.54, 1.807) is 12.1 Å². The Hall–Kier alpha value is -4.14.